The van der Waals surface area contributed by atoms with Crippen LogP contribution in [0.15, 0.2) is 60.8 Å². The Kier molecular flexibility index (Phi) is 3.93. The number of hydrogen-bond acceptors (Lipinski definition) is 2. The number of nitrogens with one attached hydrogen (secondary N) is 1. The third-order valence-corrected chi connectivity index (χ3v) is 3.54. The van der Waals surface area contributed by atoms with Crippen LogP contribution in [0.25, 0.3) is 5.69 Å². The minimum atomic E-state index is 0.700. The van der Waals surface area contributed by atoms with E-state index in [0.29, 0.717) is 6.54 Å². The van der Waals surface area contributed by atoms with E-state index in [9.17, 15) is 0 Å². The fourth-order valence-electron chi connectivity index (χ4n) is 2.23. The van der Waals surface area contributed by atoms with Gasteiger partial charge in [0, 0.05) is 22.6 Å². The van der Waals surface area contributed by atoms with Crippen LogP contribution in [-0.2, 0) is 6.54 Å². The summed E-state index contributed by atoms with van der Waals surface area (Å²) in [4.78, 5) is 4.59. The first-order valence-electron chi connectivity index (χ1n) is 6.82. The van der Waals surface area contributed by atoms with Gasteiger partial charge in [-0.05, 0) is 43.3 Å². The van der Waals surface area contributed by atoms with Crippen LogP contribution in [0.2, 0.25) is 5.02 Å². The lowest BCUT2D eigenvalue weighted by atomic mass is 10.3. The van der Waals surface area contributed by atoms with Crippen LogP contribution in [-0.4, -0.2) is 9.55 Å². The number of aryl methyl sites for hydroxylation is 1. The van der Waals surface area contributed by atoms with E-state index in [4.69, 9.17) is 11.6 Å². The van der Waals surface area contributed by atoms with Gasteiger partial charge in [0.05, 0.1) is 12.2 Å². The van der Waals surface area contributed by atoms with Gasteiger partial charge in [0.1, 0.15) is 5.82 Å². The second-order valence-corrected chi connectivity index (χ2v) is 5.28. The van der Waals surface area contributed by atoms with Crippen LogP contribution >= 0.6 is 11.6 Å². The van der Waals surface area contributed by atoms with Gasteiger partial charge in [-0.15, -0.1) is 0 Å². The van der Waals surface area contributed by atoms with E-state index >= 15 is 0 Å². The van der Waals surface area contributed by atoms with E-state index in [2.05, 4.69) is 21.1 Å². The van der Waals surface area contributed by atoms with Crippen LogP contribution in [0.3, 0.4) is 0 Å². The van der Waals surface area contributed by atoms with Crippen LogP contribution < -0.4 is 5.32 Å². The lowest BCUT2D eigenvalue weighted by Crippen LogP contribution is -1.99. The molecule has 0 atom stereocenters. The summed E-state index contributed by atoms with van der Waals surface area (Å²) >= 11 is 5.93. The lowest BCUT2D eigenvalue weighted by molar-refractivity contribution is 0.972. The molecule has 0 saturated carbocycles. The molecule has 0 unspecified atom stereocenters. The van der Waals surface area contributed by atoms with Gasteiger partial charge in [-0.2, -0.15) is 0 Å². The molecule has 21 heavy (non-hydrogen) atoms. The van der Waals surface area contributed by atoms with Crippen molar-refractivity contribution in [2.45, 2.75) is 13.5 Å². The van der Waals surface area contributed by atoms with Crippen molar-refractivity contribution in [1.82, 2.24) is 9.55 Å². The van der Waals surface area contributed by atoms with Crippen LogP contribution in [0.4, 0.5) is 5.69 Å². The summed E-state index contributed by atoms with van der Waals surface area (Å²) in [5.41, 5.74) is 3.16. The fourth-order valence-corrected chi connectivity index (χ4v) is 2.36. The minimum absolute atomic E-state index is 0.700. The summed E-state index contributed by atoms with van der Waals surface area (Å²) in [6.45, 7) is 2.70. The summed E-state index contributed by atoms with van der Waals surface area (Å²) in [6.07, 6.45) is 2.05. The van der Waals surface area contributed by atoms with Crippen molar-refractivity contribution in [3.05, 3.63) is 77.3 Å². The van der Waals surface area contributed by atoms with E-state index in [0.717, 1.165) is 27.9 Å². The second kappa shape index (κ2) is 6.02. The van der Waals surface area contributed by atoms with Gasteiger partial charge in [0.2, 0.25) is 0 Å². The number of hydrogen-bond donors (Lipinski definition) is 1. The molecule has 0 bridgehead atoms. The SMILES string of the molecule is Cc1nc(CNc2ccccc2)cn1-c1ccc(Cl)cc1. The Balaban J connectivity index is 1.76. The Morgan fingerprint density at radius 2 is 1.76 bits per heavy atom. The molecule has 0 saturated heterocycles. The quantitative estimate of drug-likeness (QED) is 0.771. The second-order valence-electron chi connectivity index (χ2n) is 4.85. The van der Waals surface area contributed by atoms with Gasteiger partial charge in [-0.3, -0.25) is 0 Å². The van der Waals surface area contributed by atoms with Crippen molar-refractivity contribution in [2.75, 3.05) is 5.32 Å². The number of aromatic nitrogens is 2. The highest BCUT2D eigenvalue weighted by Crippen LogP contribution is 2.16. The monoisotopic (exact) mass is 297 g/mol. The molecule has 1 heterocycles. The van der Waals surface area contributed by atoms with Crippen molar-refractivity contribution in [3.8, 4) is 5.69 Å². The molecule has 0 radical (unpaired) electrons. The van der Waals surface area contributed by atoms with Crippen LogP contribution in [0.5, 0.6) is 0 Å². The molecular formula is C17H16ClN3. The fraction of sp³-hybridized carbons (Fsp3) is 0.118. The highest BCUT2D eigenvalue weighted by Gasteiger charge is 2.06. The van der Waals surface area contributed by atoms with E-state index < -0.39 is 0 Å². The smallest absolute Gasteiger partial charge is 0.110 e. The van der Waals surface area contributed by atoms with Gasteiger partial charge in [0.25, 0.3) is 0 Å². The summed E-state index contributed by atoms with van der Waals surface area (Å²) in [6, 6.07) is 17.9. The molecule has 3 nitrogen and oxygen atoms in total. The third-order valence-electron chi connectivity index (χ3n) is 3.28. The number of nitrogens with zero attached hydrogens (tertiary/aromatic N) is 2. The highest BCUT2D eigenvalue weighted by molar-refractivity contribution is 6.30. The molecular weight excluding hydrogens is 282 g/mol. The number of para-hydroxylation sites is 1. The Morgan fingerprint density at radius 1 is 1.05 bits per heavy atom. The van der Waals surface area contributed by atoms with E-state index in [1.165, 1.54) is 0 Å². The number of imidazole rings is 1. The first-order valence-corrected chi connectivity index (χ1v) is 7.20. The molecule has 0 spiro atoms. The average molecular weight is 298 g/mol. The van der Waals surface area contributed by atoms with Crippen LogP contribution in [0.1, 0.15) is 11.5 Å². The normalized spacial score (nSPS) is 10.6. The summed E-state index contributed by atoms with van der Waals surface area (Å²) in [7, 11) is 0. The standard InChI is InChI=1S/C17H16ClN3/c1-13-20-16(11-19-15-5-3-2-4-6-15)12-21(13)17-9-7-14(18)8-10-17/h2-10,12,19H,11H2,1H3. The molecule has 106 valence electrons. The Morgan fingerprint density at radius 3 is 2.48 bits per heavy atom. The van der Waals surface area contributed by atoms with Gasteiger partial charge in [-0.25, -0.2) is 4.98 Å². The molecule has 2 aromatic carbocycles. The number of halogens is 1. The van der Waals surface area contributed by atoms with Gasteiger partial charge >= 0.3 is 0 Å². The maximum Gasteiger partial charge on any atom is 0.110 e. The van der Waals surface area contributed by atoms with Crippen molar-refractivity contribution in [2.24, 2.45) is 0 Å². The maximum absolute atomic E-state index is 5.93. The first-order chi connectivity index (χ1) is 10.2. The average Bonchev–Trinajstić information content (AvgIpc) is 2.88. The zero-order valence-electron chi connectivity index (χ0n) is 11.8. The van der Waals surface area contributed by atoms with Crippen molar-refractivity contribution in [1.29, 1.82) is 0 Å². The van der Waals surface area contributed by atoms with E-state index in [1.54, 1.807) is 0 Å². The van der Waals surface area contributed by atoms with E-state index in [-0.39, 0.29) is 0 Å². The lowest BCUT2D eigenvalue weighted by Gasteiger charge is -2.04. The topological polar surface area (TPSA) is 29.9 Å². The molecule has 0 fully saturated rings. The molecule has 0 amide bonds. The summed E-state index contributed by atoms with van der Waals surface area (Å²) in [5.74, 6) is 0.960. The predicted octanol–water partition coefficient (Wildman–Crippen LogP) is 4.45. The molecule has 3 rings (SSSR count). The van der Waals surface area contributed by atoms with Gasteiger partial charge in [0.15, 0.2) is 0 Å². The highest BCUT2D eigenvalue weighted by atomic mass is 35.5. The Bertz CT molecular complexity index is 718. The zero-order valence-corrected chi connectivity index (χ0v) is 12.5. The molecule has 0 aliphatic carbocycles. The molecule has 3 aromatic rings. The zero-order chi connectivity index (χ0) is 14.7. The number of anilines is 1. The van der Waals surface area contributed by atoms with Crippen LogP contribution in [0, 0.1) is 6.92 Å². The maximum atomic E-state index is 5.93. The largest absolute Gasteiger partial charge is 0.379 e. The van der Waals surface area contributed by atoms with Gasteiger partial charge < -0.3 is 9.88 Å². The van der Waals surface area contributed by atoms with Crippen molar-refractivity contribution in [3.63, 3.8) is 0 Å². The minimum Gasteiger partial charge on any atom is -0.379 e. The first kappa shape index (κ1) is 13.7. The molecule has 1 N–H and O–H groups in total. The number of benzene rings is 2. The molecule has 0 aliphatic heterocycles. The molecule has 4 heteroatoms. The Labute approximate surface area is 129 Å². The summed E-state index contributed by atoms with van der Waals surface area (Å²) in [5, 5.41) is 4.10. The van der Waals surface area contributed by atoms with Gasteiger partial charge in [-0.1, -0.05) is 29.8 Å². The van der Waals surface area contributed by atoms with Crippen molar-refractivity contribution >= 4 is 17.3 Å². The number of rotatable bonds is 4. The van der Waals surface area contributed by atoms with Crippen molar-refractivity contribution < 1.29 is 0 Å². The Hall–Kier alpha value is -2.26. The third kappa shape index (κ3) is 3.26. The van der Waals surface area contributed by atoms with E-state index in [1.807, 2.05) is 61.5 Å². The summed E-state index contributed by atoms with van der Waals surface area (Å²) < 4.78 is 2.07. The molecule has 0 aliphatic rings. The predicted molar refractivity (Wildman–Crippen MR) is 87.1 cm³/mol. The molecule has 1 aromatic heterocycles.